The summed E-state index contributed by atoms with van der Waals surface area (Å²) in [6.07, 6.45) is 0. The Morgan fingerprint density at radius 1 is 1.46 bits per heavy atom. The first-order chi connectivity index (χ1) is 5.84. The van der Waals surface area contributed by atoms with Gasteiger partial charge in [0.1, 0.15) is 16.3 Å². The van der Waals surface area contributed by atoms with Crippen molar-refractivity contribution in [3.05, 3.63) is 11.3 Å². The summed E-state index contributed by atoms with van der Waals surface area (Å²) in [5.41, 5.74) is 10.4. The fraction of sp³-hybridized carbons (Fsp3) is 0.200. The normalized spacial score (nSPS) is 11.6. The molecule has 0 radical (unpaired) electrons. The van der Waals surface area contributed by atoms with Crippen molar-refractivity contribution in [2.75, 3.05) is 5.73 Å². The molecule has 0 fully saturated rings. The van der Waals surface area contributed by atoms with E-state index in [0.717, 1.165) is 11.5 Å². The lowest BCUT2D eigenvalue weighted by Crippen LogP contribution is -2.17. The van der Waals surface area contributed by atoms with Crippen LogP contribution in [0.15, 0.2) is 0 Å². The fourth-order valence-electron chi connectivity index (χ4n) is 0.734. The highest BCUT2D eigenvalue weighted by Crippen LogP contribution is 2.41. The van der Waals surface area contributed by atoms with Gasteiger partial charge in [0, 0.05) is 0 Å². The molecule has 0 unspecified atom stereocenters. The lowest BCUT2D eigenvalue weighted by atomic mass is 10.2. The number of aromatic nitrogens is 1. The minimum Gasteiger partial charge on any atom is -0.389 e. The van der Waals surface area contributed by atoms with Gasteiger partial charge in [0.25, 0.3) is 5.91 Å². The van der Waals surface area contributed by atoms with E-state index in [1.165, 1.54) is 0 Å². The molecular formula is C5H4Cl3N3OS. The van der Waals surface area contributed by atoms with E-state index in [1.807, 2.05) is 0 Å². The monoisotopic (exact) mass is 259 g/mol. The summed E-state index contributed by atoms with van der Waals surface area (Å²) in [5, 5.41) is 0.147. The molecule has 0 aromatic carbocycles. The van der Waals surface area contributed by atoms with E-state index in [1.54, 1.807) is 0 Å². The molecule has 1 aromatic rings. The Morgan fingerprint density at radius 2 is 2.00 bits per heavy atom. The molecule has 13 heavy (non-hydrogen) atoms. The third-order valence-corrected chi connectivity index (χ3v) is 2.45. The number of primary amides is 1. The molecule has 8 heteroatoms. The maximum Gasteiger partial charge on any atom is 0.253 e. The van der Waals surface area contributed by atoms with E-state index >= 15 is 0 Å². The Morgan fingerprint density at radius 3 is 2.31 bits per heavy atom. The van der Waals surface area contributed by atoms with Gasteiger partial charge in [-0.2, -0.15) is 4.37 Å². The number of nitrogens with two attached hydrogens (primary N) is 2. The molecule has 1 rings (SSSR count). The Hall–Kier alpha value is -0.230. The molecule has 0 aliphatic carbocycles. The Balaban J connectivity index is 3.31. The van der Waals surface area contributed by atoms with Crippen molar-refractivity contribution in [2.45, 2.75) is 3.79 Å². The van der Waals surface area contributed by atoms with Gasteiger partial charge in [-0.3, -0.25) is 4.79 Å². The first kappa shape index (κ1) is 10.8. The molecule has 1 heterocycles. The van der Waals surface area contributed by atoms with Crippen LogP contribution >= 0.6 is 46.3 Å². The summed E-state index contributed by atoms with van der Waals surface area (Å²) in [4.78, 5) is 10.9. The zero-order chi connectivity index (χ0) is 10.2. The van der Waals surface area contributed by atoms with Crippen molar-refractivity contribution in [1.29, 1.82) is 0 Å². The van der Waals surface area contributed by atoms with E-state index in [2.05, 4.69) is 4.37 Å². The largest absolute Gasteiger partial charge is 0.389 e. The quantitative estimate of drug-likeness (QED) is 0.753. The molecular weight excluding hydrogens is 257 g/mol. The number of carbonyl (C=O) groups is 1. The summed E-state index contributed by atoms with van der Waals surface area (Å²) in [5.74, 6) is -0.757. The van der Waals surface area contributed by atoms with Gasteiger partial charge < -0.3 is 11.5 Å². The highest BCUT2D eigenvalue weighted by Gasteiger charge is 2.32. The van der Waals surface area contributed by atoms with Crippen LogP contribution in [-0.2, 0) is 3.79 Å². The third kappa shape index (κ3) is 2.17. The SMILES string of the molecule is NC(=O)c1c(C(Cl)(Cl)Cl)nsc1N. The second kappa shape index (κ2) is 3.49. The Kier molecular flexibility index (Phi) is 2.91. The van der Waals surface area contributed by atoms with E-state index < -0.39 is 9.70 Å². The molecule has 0 aliphatic rings. The first-order valence-corrected chi connectivity index (χ1v) is 4.87. The van der Waals surface area contributed by atoms with Gasteiger partial charge in [-0.15, -0.1) is 0 Å². The summed E-state index contributed by atoms with van der Waals surface area (Å²) in [6, 6.07) is 0. The number of rotatable bonds is 1. The van der Waals surface area contributed by atoms with Gasteiger partial charge in [0.05, 0.1) is 0 Å². The molecule has 1 aromatic heterocycles. The van der Waals surface area contributed by atoms with Crippen LogP contribution < -0.4 is 11.5 Å². The summed E-state index contributed by atoms with van der Waals surface area (Å²) >= 11 is 17.5. The lowest BCUT2D eigenvalue weighted by molar-refractivity contribution is 0.100. The summed E-state index contributed by atoms with van der Waals surface area (Å²) in [6.45, 7) is 0. The van der Waals surface area contributed by atoms with Crippen molar-refractivity contribution in [3.8, 4) is 0 Å². The zero-order valence-corrected chi connectivity index (χ0v) is 9.14. The number of anilines is 1. The average molecular weight is 261 g/mol. The van der Waals surface area contributed by atoms with E-state index in [9.17, 15) is 4.79 Å². The lowest BCUT2D eigenvalue weighted by Gasteiger charge is -2.08. The Labute approximate surface area is 92.9 Å². The van der Waals surface area contributed by atoms with Crippen molar-refractivity contribution >= 4 is 57.2 Å². The molecule has 0 aliphatic heterocycles. The molecule has 4 N–H and O–H groups in total. The first-order valence-electron chi connectivity index (χ1n) is 2.96. The van der Waals surface area contributed by atoms with Crippen LogP contribution in [0, 0.1) is 0 Å². The van der Waals surface area contributed by atoms with Gasteiger partial charge in [0.2, 0.25) is 3.79 Å². The number of hydrogen-bond donors (Lipinski definition) is 2. The van der Waals surface area contributed by atoms with Crippen LogP contribution in [-0.4, -0.2) is 10.3 Å². The molecule has 0 bridgehead atoms. The number of hydrogen-bond acceptors (Lipinski definition) is 4. The number of carbonyl (C=O) groups excluding carboxylic acids is 1. The van der Waals surface area contributed by atoms with Crippen molar-refractivity contribution < 1.29 is 4.79 Å². The topological polar surface area (TPSA) is 82.0 Å². The number of alkyl halides is 3. The summed E-state index contributed by atoms with van der Waals surface area (Å²) < 4.78 is 1.95. The van der Waals surface area contributed by atoms with Crippen LogP contribution in [0.1, 0.15) is 16.1 Å². The second-order valence-electron chi connectivity index (χ2n) is 2.13. The van der Waals surface area contributed by atoms with Gasteiger partial charge >= 0.3 is 0 Å². The molecule has 0 saturated heterocycles. The highest BCUT2D eigenvalue weighted by molar-refractivity contribution is 7.10. The highest BCUT2D eigenvalue weighted by atomic mass is 35.6. The van der Waals surface area contributed by atoms with Crippen LogP contribution in [0.5, 0.6) is 0 Å². The van der Waals surface area contributed by atoms with Crippen LogP contribution in [0.25, 0.3) is 0 Å². The minimum atomic E-state index is -1.78. The molecule has 0 saturated carbocycles. The van der Waals surface area contributed by atoms with Crippen molar-refractivity contribution in [1.82, 2.24) is 4.37 Å². The van der Waals surface area contributed by atoms with Gasteiger partial charge in [0.15, 0.2) is 0 Å². The number of amides is 1. The maximum atomic E-state index is 10.9. The smallest absolute Gasteiger partial charge is 0.253 e. The number of nitrogen functional groups attached to an aromatic ring is 1. The van der Waals surface area contributed by atoms with E-state index in [-0.39, 0.29) is 16.3 Å². The average Bonchev–Trinajstić information content (AvgIpc) is 2.28. The van der Waals surface area contributed by atoms with E-state index in [0.29, 0.717) is 0 Å². The molecule has 0 atom stereocenters. The fourth-order valence-corrected chi connectivity index (χ4v) is 2.00. The van der Waals surface area contributed by atoms with Crippen LogP contribution in [0.3, 0.4) is 0 Å². The predicted molar refractivity (Wildman–Crippen MR) is 54.3 cm³/mol. The molecule has 4 nitrogen and oxygen atoms in total. The molecule has 72 valence electrons. The van der Waals surface area contributed by atoms with Crippen molar-refractivity contribution in [2.24, 2.45) is 5.73 Å². The summed E-state index contributed by atoms with van der Waals surface area (Å²) in [7, 11) is 0. The zero-order valence-electron chi connectivity index (χ0n) is 6.05. The molecule has 0 spiro atoms. The van der Waals surface area contributed by atoms with Gasteiger partial charge in [-0.25, -0.2) is 0 Å². The Bertz CT molecular complexity index is 345. The van der Waals surface area contributed by atoms with Crippen molar-refractivity contribution in [3.63, 3.8) is 0 Å². The number of halogens is 3. The van der Waals surface area contributed by atoms with E-state index in [4.69, 9.17) is 46.3 Å². The molecule has 1 amide bonds. The second-order valence-corrected chi connectivity index (χ2v) is 5.22. The van der Waals surface area contributed by atoms with Gasteiger partial charge in [-0.05, 0) is 11.5 Å². The standard InChI is InChI=1S/C5H4Cl3N3OS/c6-5(7,8)2-1(3(9)12)4(10)13-11-2/h10H2,(H2,9,12). The maximum absolute atomic E-state index is 10.9. The van der Waals surface area contributed by atoms with Crippen LogP contribution in [0.2, 0.25) is 0 Å². The van der Waals surface area contributed by atoms with Gasteiger partial charge in [-0.1, -0.05) is 34.8 Å². The minimum absolute atomic E-state index is 0.0208. The van der Waals surface area contributed by atoms with Crippen LogP contribution in [0.4, 0.5) is 5.00 Å². The predicted octanol–water partition coefficient (Wildman–Crippen LogP) is 1.65. The third-order valence-electron chi connectivity index (χ3n) is 1.23. The number of nitrogens with zero attached hydrogens (tertiary/aromatic N) is 1.